The number of hydrogen-bond donors (Lipinski definition) is 1. The minimum absolute atomic E-state index is 0.142. The predicted octanol–water partition coefficient (Wildman–Crippen LogP) is 5.60. The van der Waals surface area contributed by atoms with Gasteiger partial charge in [-0.1, -0.05) is 45.1 Å². The van der Waals surface area contributed by atoms with Gasteiger partial charge in [-0.15, -0.1) is 0 Å². The fourth-order valence-electron chi connectivity index (χ4n) is 3.13. The molecule has 1 atom stereocenters. The van der Waals surface area contributed by atoms with E-state index in [0.29, 0.717) is 0 Å². The van der Waals surface area contributed by atoms with E-state index in [4.69, 9.17) is 10.5 Å². The van der Waals surface area contributed by atoms with E-state index in [0.717, 1.165) is 35.6 Å². The summed E-state index contributed by atoms with van der Waals surface area (Å²) in [5.74, 6) is 1.82. The smallest absolute Gasteiger partial charge is 0.133 e. The van der Waals surface area contributed by atoms with Crippen LogP contribution in [0, 0.1) is 5.92 Å². The molecule has 1 saturated carbocycles. The Kier molecular flexibility index (Phi) is 7.05. The van der Waals surface area contributed by atoms with Gasteiger partial charge >= 0.3 is 0 Å². The Morgan fingerprint density at radius 1 is 1.29 bits per heavy atom. The maximum atomic E-state index is 6.37. The number of nitrogens with two attached hydrogens (primary N) is 1. The van der Waals surface area contributed by atoms with Crippen LogP contribution < -0.4 is 10.5 Å². The monoisotopic (exact) mass is 353 g/mol. The fraction of sp³-hybridized carbons (Fsp3) is 0.667. The van der Waals surface area contributed by atoms with Gasteiger partial charge in [-0.25, -0.2) is 0 Å². The maximum absolute atomic E-state index is 6.37. The SMILES string of the molecule is CCCOc1ccc(C(N)CCC2CCCCC2)cc1Br. The van der Waals surface area contributed by atoms with Crippen molar-refractivity contribution in [3.05, 3.63) is 28.2 Å². The van der Waals surface area contributed by atoms with Crippen LogP contribution in [0.2, 0.25) is 0 Å². The topological polar surface area (TPSA) is 35.2 Å². The van der Waals surface area contributed by atoms with Crippen LogP contribution in [-0.4, -0.2) is 6.61 Å². The molecule has 0 saturated heterocycles. The third-order valence-electron chi connectivity index (χ3n) is 4.46. The molecule has 2 nitrogen and oxygen atoms in total. The van der Waals surface area contributed by atoms with E-state index >= 15 is 0 Å². The lowest BCUT2D eigenvalue weighted by molar-refractivity contribution is 0.315. The molecule has 1 fully saturated rings. The van der Waals surface area contributed by atoms with Gasteiger partial charge in [-0.3, -0.25) is 0 Å². The Bertz CT molecular complexity index is 429. The molecule has 1 aromatic rings. The zero-order valence-corrected chi connectivity index (χ0v) is 14.7. The van der Waals surface area contributed by atoms with E-state index in [9.17, 15) is 0 Å². The lowest BCUT2D eigenvalue weighted by atomic mass is 9.84. The van der Waals surface area contributed by atoms with Crippen molar-refractivity contribution in [1.82, 2.24) is 0 Å². The molecule has 0 spiro atoms. The molecule has 2 rings (SSSR count). The van der Waals surface area contributed by atoms with Crippen LogP contribution >= 0.6 is 15.9 Å². The van der Waals surface area contributed by atoms with Crippen LogP contribution in [0.15, 0.2) is 22.7 Å². The Labute approximate surface area is 137 Å². The van der Waals surface area contributed by atoms with Gasteiger partial charge in [0.1, 0.15) is 5.75 Å². The van der Waals surface area contributed by atoms with Crippen LogP contribution in [-0.2, 0) is 0 Å². The molecular weight excluding hydrogens is 326 g/mol. The first-order valence-corrected chi connectivity index (χ1v) is 9.17. The molecule has 3 heteroatoms. The van der Waals surface area contributed by atoms with Crippen molar-refractivity contribution in [3.8, 4) is 5.75 Å². The minimum Gasteiger partial charge on any atom is -0.492 e. The van der Waals surface area contributed by atoms with Gasteiger partial charge in [0, 0.05) is 6.04 Å². The van der Waals surface area contributed by atoms with E-state index in [1.54, 1.807) is 0 Å². The zero-order chi connectivity index (χ0) is 15.1. The number of hydrogen-bond acceptors (Lipinski definition) is 2. The van der Waals surface area contributed by atoms with Crippen LogP contribution in [0.25, 0.3) is 0 Å². The third-order valence-corrected chi connectivity index (χ3v) is 5.08. The van der Waals surface area contributed by atoms with Gasteiger partial charge in [-0.2, -0.15) is 0 Å². The second-order valence-corrected chi connectivity index (χ2v) is 7.08. The average Bonchev–Trinajstić information content (AvgIpc) is 2.52. The molecule has 1 aromatic carbocycles. The molecule has 1 aliphatic rings. The quantitative estimate of drug-likeness (QED) is 0.692. The molecule has 0 bridgehead atoms. The first-order chi connectivity index (χ1) is 10.2. The van der Waals surface area contributed by atoms with Crippen LogP contribution in [0.4, 0.5) is 0 Å². The summed E-state index contributed by atoms with van der Waals surface area (Å²) in [6.45, 7) is 2.87. The van der Waals surface area contributed by atoms with Crippen molar-refractivity contribution in [3.63, 3.8) is 0 Å². The molecule has 21 heavy (non-hydrogen) atoms. The highest BCUT2D eigenvalue weighted by Crippen LogP contribution is 2.32. The van der Waals surface area contributed by atoms with E-state index in [1.807, 2.05) is 6.07 Å². The number of rotatable bonds is 7. The number of ether oxygens (including phenoxy) is 1. The van der Waals surface area contributed by atoms with Gasteiger partial charge < -0.3 is 10.5 Å². The van der Waals surface area contributed by atoms with Gasteiger partial charge in [0.25, 0.3) is 0 Å². The Morgan fingerprint density at radius 3 is 2.71 bits per heavy atom. The number of halogens is 1. The summed E-state index contributed by atoms with van der Waals surface area (Å²) in [5, 5.41) is 0. The van der Waals surface area contributed by atoms with Gasteiger partial charge in [-0.05, 0) is 58.8 Å². The van der Waals surface area contributed by atoms with Crippen molar-refractivity contribution in [1.29, 1.82) is 0 Å². The van der Waals surface area contributed by atoms with Gasteiger partial charge in [0.05, 0.1) is 11.1 Å². The highest BCUT2D eigenvalue weighted by atomic mass is 79.9. The van der Waals surface area contributed by atoms with Crippen molar-refractivity contribution in [2.45, 2.75) is 64.3 Å². The molecule has 0 heterocycles. The molecule has 0 radical (unpaired) electrons. The minimum atomic E-state index is 0.142. The van der Waals surface area contributed by atoms with Crippen molar-refractivity contribution < 1.29 is 4.74 Å². The second kappa shape index (κ2) is 8.79. The lowest BCUT2D eigenvalue weighted by Gasteiger charge is -2.23. The summed E-state index contributed by atoms with van der Waals surface area (Å²) in [7, 11) is 0. The van der Waals surface area contributed by atoms with Gasteiger partial charge in [0.2, 0.25) is 0 Å². The molecule has 1 unspecified atom stereocenters. The summed E-state index contributed by atoms with van der Waals surface area (Å²) >= 11 is 3.59. The normalized spacial score (nSPS) is 17.7. The lowest BCUT2D eigenvalue weighted by Crippen LogP contribution is -2.14. The molecule has 2 N–H and O–H groups in total. The highest BCUT2D eigenvalue weighted by molar-refractivity contribution is 9.10. The first-order valence-electron chi connectivity index (χ1n) is 8.38. The zero-order valence-electron chi connectivity index (χ0n) is 13.1. The molecule has 118 valence electrons. The van der Waals surface area contributed by atoms with Crippen molar-refractivity contribution >= 4 is 15.9 Å². The Morgan fingerprint density at radius 2 is 2.05 bits per heavy atom. The van der Waals surface area contributed by atoms with Crippen LogP contribution in [0.3, 0.4) is 0 Å². The second-order valence-electron chi connectivity index (χ2n) is 6.23. The number of benzene rings is 1. The molecule has 1 aliphatic carbocycles. The first kappa shape index (κ1) is 16.8. The van der Waals surface area contributed by atoms with E-state index in [2.05, 4.69) is 35.0 Å². The summed E-state index contributed by atoms with van der Waals surface area (Å²) in [6, 6.07) is 6.41. The van der Waals surface area contributed by atoms with E-state index < -0.39 is 0 Å². The van der Waals surface area contributed by atoms with Crippen LogP contribution in [0.5, 0.6) is 5.75 Å². The molecule has 0 aromatic heterocycles. The molecule has 0 amide bonds. The highest BCUT2D eigenvalue weighted by Gasteiger charge is 2.16. The maximum Gasteiger partial charge on any atom is 0.133 e. The molecule has 0 aliphatic heterocycles. The Balaban J connectivity index is 1.86. The largest absolute Gasteiger partial charge is 0.492 e. The van der Waals surface area contributed by atoms with Crippen LogP contribution in [0.1, 0.15) is 69.9 Å². The Hall–Kier alpha value is -0.540. The fourth-order valence-corrected chi connectivity index (χ4v) is 3.65. The van der Waals surface area contributed by atoms with E-state index in [1.165, 1.54) is 44.1 Å². The average molecular weight is 354 g/mol. The summed E-state index contributed by atoms with van der Waals surface area (Å²) in [6.07, 6.45) is 10.4. The van der Waals surface area contributed by atoms with Gasteiger partial charge in [0.15, 0.2) is 0 Å². The summed E-state index contributed by atoms with van der Waals surface area (Å²) in [4.78, 5) is 0. The summed E-state index contributed by atoms with van der Waals surface area (Å²) in [5.41, 5.74) is 7.58. The van der Waals surface area contributed by atoms with E-state index in [-0.39, 0.29) is 6.04 Å². The third kappa shape index (κ3) is 5.30. The molecular formula is C18H28BrNO. The van der Waals surface area contributed by atoms with Crippen molar-refractivity contribution in [2.75, 3.05) is 6.61 Å². The predicted molar refractivity (Wildman–Crippen MR) is 92.7 cm³/mol. The standard InChI is InChI=1S/C18H28BrNO/c1-2-12-21-18-11-9-15(13-16(18)19)17(20)10-8-14-6-4-3-5-7-14/h9,11,13-14,17H,2-8,10,12,20H2,1H3. The van der Waals surface area contributed by atoms with Crippen molar-refractivity contribution in [2.24, 2.45) is 11.7 Å². The summed E-state index contributed by atoms with van der Waals surface area (Å²) < 4.78 is 6.70.